The average molecular weight is 184 g/mol. The molecule has 0 spiro atoms. The summed E-state index contributed by atoms with van der Waals surface area (Å²) in [4.78, 5) is 11.3. The zero-order valence-electron chi connectivity index (χ0n) is 8.12. The Balaban J connectivity index is 3.24. The summed E-state index contributed by atoms with van der Waals surface area (Å²) in [6.45, 7) is 1.73. The first kappa shape index (κ1) is 9.57. The summed E-state index contributed by atoms with van der Waals surface area (Å²) in [5.41, 5.74) is 0.985. The van der Waals surface area contributed by atoms with Crippen LogP contribution in [-0.4, -0.2) is 30.0 Å². The van der Waals surface area contributed by atoms with Crippen molar-refractivity contribution in [1.82, 2.24) is 9.78 Å². The molecule has 72 valence electrons. The van der Waals surface area contributed by atoms with Gasteiger partial charge in [0.2, 0.25) is 5.88 Å². The molecule has 0 radical (unpaired) electrons. The number of carbonyl (C=O) groups is 1. The molecule has 0 aliphatic heterocycles. The fraction of sp³-hybridized carbons (Fsp3) is 0.500. The smallest absolute Gasteiger partial charge is 0.345 e. The predicted molar refractivity (Wildman–Crippen MR) is 45.8 cm³/mol. The van der Waals surface area contributed by atoms with Gasteiger partial charge in [0.1, 0.15) is 5.56 Å². The highest BCUT2D eigenvalue weighted by atomic mass is 16.5. The van der Waals surface area contributed by atoms with Gasteiger partial charge in [-0.3, -0.25) is 0 Å². The minimum absolute atomic E-state index is 0.382. The summed E-state index contributed by atoms with van der Waals surface area (Å²) in [7, 11) is 4.52. The Morgan fingerprint density at radius 2 is 2.08 bits per heavy atom. The number of aromatic nitrogens is 2. The molecule has 0 atom stereocenters. The molecule has 0 amide bonds. The van der Waals surface area contributed by atoms with Crippen molar-refractivity contribution in [1.29, 1.82) is 0 Å². The fourth-order valence-electron chi connectivity index (χ4n) is 1.21. The summed E-state index contributed by atoms with van der Waals surface area (Å²) >= 11 is 0. The number of hydrogen-bond donors (Lipinski definition) is 0. The van der Waals surface area contributed by atoms with Crippen molar-refractivity contribution in [2.24, 2.45) is 7.05 Å². The number of rotatable bonds is 2. The van der Waals surface area contributed by atoms with Crippen LogP contribution in [0.1, 0.15) is 16.1 Å². The van der Waals surface area contributed by atoms with Gasteiger partial charge in [-0.15, -0.1) is 0 Å². The van der Waals surface area contributed by atoms with Gasteiger partial charge in [0, 0.05) is 7.05 Å². The monoisotopic (exact) mass is 184 g/mol. The Hall–Kier alpha value is -1.52. The van der Waals surface area contributed by atoms with Crippen LogP contribution in [0.15, 0.2) is 0 Å². The topological polar surface area (TPSA) is 53.3 Å². The van der Waals surface area contributed by atoms with Crippen molar-refractivity contribution in [3.63, 3.8) is 0 Å². The molecule has 1 aromatic rings. The second-order valence-electron chi connectivity index (χ2n) is 2.58. The highest BCUT2D eigenvalue weighted by molar-refractivity contribution is 5.93. The first-order valence-electron chi connectivity index (χ1n) is 3.77. The van der Waals surface area contributed by atoms with Crippen molar-refractivity contribution in [3.05, 3.63) is 11.3 Å². The van der Waals surface area contributed by atoms with Crippen LogP contribution in [-0.2, 0) is 11.8 Å². The number of carbonyl (C=O) groups excluding carboxylic acids is 1. The average Bonchev–Trinajstić information content (AvgIpc) is 2.39. The molecule has 0 saturated heterocycles. The molecule has 5 nitrogen and oxygen atoms in total. The van der Waals surface area contributed by atoms with Crippen LogP contribution in [0, 0.1) is 6.92 Å². The van der Waals surface area contributed by atoms with Gasteiger partial charge in [-0.1, -0.05) is 0 Å². The van der Waals surface area contributed by atoms with Gasteiger partial charge in [0.15, 0.2) is 0 Å². The summed E-state index contributed by atoms with van der Waals surface area (Å²) in [5.74, 6) is -0.00759. The Morgan fingerprint density at radius 1 is 1.46 bits per heavy atom. The van der Waals surface area contributed by atoms with Gasteiger partial charge in [-0.25, -0.2) is 9.48 Å². The lowest BCUT2D eigenvalue weighted by atomic mass is 10.2. The van der Waals surface area contributed by atoms with E-state index in [4.69, 9.17) is 4.74 Å². The second kappa shape index (κ2) is 3.47. The van der Waals surface area contributed by atoms with Crippen molar-refractivity contribution in [2.45, 2.75) is 6.92 Å². The minimum atomic E-state index is -0.428. The van der Waals surface area contributed by atoms with Crippen LogP contribution >= 0.6 is 0 Å². The summed E-state index contributed by atoms with van der Waals surface area (Å²) in [6, 6.07) is 0. The van der Waals surface area contributed by atoms with E-state index in [-0.39, 0.29) is 0 Å². The van der Waals surface area contributed by atoms with Gasteiger partial charge < -0.3 is 9.47 Å². The third-order valence-corrected chi connectivity index (χ3v) is 1.75. The van der Waals surface area contributed by atoms with Gasteiger partial charge in [0.25, 0.3) is 0 Å². The van der Waals surface area contributed by atoms with E-state index in [0.29, 0.717) is 17.1 Å². The Kier molecular flexibility index (Phi) is 2.55. The van der Waals surface area contributed by atoms with Crippen LogP contribution in [0.5, 0.6) is 5.88 Å². The van der Waals surface area contributed by atoms with Gasteiger partial charge >= 0.3 is 5.97 Å². The Labute approximate surface area is 76.3 Å². The highest BCUT2D eigenvalue weighted by Crippen LogP contribution is 2.21. The van der Waals surface area contributed by atoms with E-state index >= 15 is 0 Å². The van der Waals surface area contributed by atoms with E-state index in [0.717, 1.165) is 0 Å². The minimum Gasteiger partial charge on any atom is -0.481 e. The van der Waals surface area contributed by atoms with Crippen molar-refractivity contribution < 1.29 is 14.3 Å². The fourth-order valence-corrected chi connectivity index (χ4v) is 1.21. The number of ether oxygens (including phenoxy) is 2. The molecule has 0 bridgehead atoms. The van der Waals surface area contributed by atoms with Crippen LogP contribution < -0.4 is 4.74 Å². The molecule has 5 heteroatoms. The van der Waals surface area contributed by atoms with Crippen LogP contribution in [0.2, 0.25) is 0 Å². The lowest BCUT2D eigenvalue weighted by Gasteiger charge is -2.02. The zero-order chi connectivity index (χ0) is 10.0. The third-order valence-electron chi connectivity index (χ3n) is 1.75. The normalized spacial score (nSPS) is 9.85. The first-order chi connectivity index (χ1) is 6.11. The molecular formula is C8H12N2O3. The van der Waals surface area contributed by atoms with E-state index in [1.54, 1.807) is 14.0 Å². The molecular weight excluding hydrogens is 172 g/mol. The third kappa shape index (κ3) is 1.49. The van der Waals surface area contributed by atoms with Crippen molar-refractivity contribution in [2.75, 3.05) is 14.2 Å². The van der Waals surface area contributed by atoms with Crippen molar-refractivity contribution >= 4 is 5.97 Å². The zero-order valence-corrected chi connectivity index (χ0v) is 8.12. The lowest BCUT2D eigenvalue weighted by Crippen LogP contribution is -2.04. The van der Waals surface area contributed by atoms with Gasteiger partial charge in [-0.2, -0.15) is 5.10 Å². The quantitative estimate of drug-likeness (QED) is 0.629. The predicted octanol–water partition coefficient (Wildman–Crippen LogP) is 0.524. The van der Waals surface area contributed by atoms with E-state index in [2.05, 4.69) is 9.84 Å². The molecule has 1 rings (SSSR count). The molecule has 0 fully saturated rings. The molecule has 0 N–H and O–H groups in total. The summed E-state index contributed by atoms with van der Waals surface area (Å²) < 4.78 is 11.1. The number of hydrogen-bond acceptors (Lipinski definition) is 4. The van der Waals surface area contributed by atoms with E-state index in [1.807, 2.05) is 0 Å². The van der Waals surface area contributed by atoms with Crippen molar-refractivity contribution in [3.8, 4) is 5.88 Å². The van der Waals surface area contributed by atoms with Gasteiger partial charge in [0.05, 0.1) is 19.9 Å². The van der Waals surface area contributed by atoms with Crippen LogP contribution in [0.3, 0.4) is 0 Å². The van der Waals surface area contributed by atoms with Crippen LogP contribution in [0.4, 0.5) is 0 Å². The van der Waals surface area contributed by atoms with Gasteiger partial charge in [-0.05, 0) is 6.92 Å². The number of methoxy groups -OCH3 is 2. The van der Waals surface area contributed by atoms with E-state index in [9.17, 15) is 4.79 Å². The molecule has 0 aliphatic rings. The molecule has 13 heavy (non-hydrogen) atoms. The molecule has 1 aromatic heterocycles. The number of nitrogens with zero attached hydrogens (tertiary/aromatic N) is 2. The first-order valence-corrected chi connectivity index (χ1v) is 3.77. The second-order valence-corrected chi connectivity index (χ2v) is 2.58. The van der Waals surface area contributed by atoms with E-state index < -0.39 is 5.97 Å². The Bertz CT molecular complexity index is 330. The largest absolute Gasteiger partial charge is 0.481 e. The molecule has 0 aromatic carbocycles. The number of aryl methyl sites for hydroxylation is 2. The van der Waals surface area contributed by atoms with Crippen LogP contribution in [0.25, 0.3) is 0 Å². The standard InChI is InChI=1S/C8H12N2O3/c1-5-6(8(11)13-4)7(12-3)10(2)9-5/h1-4H3. The molecule has 0 unspecified atom stereocenters. The SMILES string of the molecule is COC(=O)c1c(C)nn(C)c1OC. The summed E-state index contributed by atoms with van der Waals surface area (Å²) in [6.07, 6.45) is 0. The maximum Gasteiger partial charge on any atom is 0.345 e. The lowest BCUT2D eigenvalue weighted by molar-refractivity contribution is 0.0596. The maximum absolute atomic E-state index is 11.3. The highest BCUT2D eigenvalue weighted by Gasteiger charge is 2.21. The Morgan fingerprint density at radius 3 is 2.54 bits per heavy atom. The molecule has 0 saturated carbocycles. The molecule has 0 aliphatic carbocycles. The molecule has 1 heterocycles. The maximum atomic E-state index is 11.3. The van der Waals surface area contributed by atoms with E-state index in [1.165, 1.54) is 18.9 Å². The summed E-state index contributed by atoms with van der Waals surface area (Å²) in [5, 5.41) is 4.04. The number of esters is 1.